The van der Waals surface area contributed by atoms with Crippen LogP contribution in [0, 0.1) is 0 Å². The summed E-state index contributed by atoms with van der Waals surface area (Å²) in [5.41, 5.74) is 6.70. The van der Waals surface area contributed by atoms with Gasteiger partial charge in [0, 0.05) is 11.1 Å². The molecule has 0 spiro atoms. The molecule has 0 aromatic heterocycles. The number of esters is 2. The van der Waals surface area contributed by atoms with E-state index in [4.69, 9.17) is 15.2 Å². The first-order chi connectivity index (χ1) is 13.4. The molecule has 0 heterocycles. The maximum atomic E-state index is 12.8. The van der Waals surface area contributed by atoms with Crippen LogP contribution < -0.4 is 5.73 Å². The minimum Gasteiger partial charge on any atom is -0.460 e. The third-order valence-corrected chi connectivity index (χ3v) is 3.98. The van der Waals surface area contributed by atoms with E-state index in [-0.39, 0.29) is 29.9 Å². The monoisotopic (exact) mass is 383 g/mol. The highest BCUT2D eigenvalue weighted by Crippen LogP contribution is 2.27. The van der Waals surface area contributed by atoms with Crippen molar-refractivity contribution in [3.05, 3.63) is 70.8 Å². The minimum absolute atomic E-state index is 0.00501. The maximum Gasteiger partial charge on any atom is 0.379 e. The molecule has 0 aliphatic heterocycles. The molecule has 0 bridgehead atoms. The van der Waals surface area contributed by atoms with E-state index in [2.05, 4.69) is 0 Å². The van der Waals surface area contributed by atoms with Crippen LogP contribution in [0.15, 0.2) is 48.5 Å². The lowest BCUT2D eigenvalue weighted by molar-refractivity contribution is -0.138. The standard InChI is InChI=1S/C21H21NO6/c1-3-27-20(25)18(23)15-12-8-11-14(16(15)19(24)21(26)28-4-2)17(22)13-9-6-5-7-10-13/h5-12,17H,3-4,22H2,1-2H3. The van der Waals surface area contributed by atoms with Crippen molar-refractivity contribution in [3.63, 3.8) is 0 Å². The molecule has 146 valence electrons. The second-order valence-electron chi connectivity index (χ2n) is 5.76. The van der Waals surface area contributed by atoms with Gasteiger partial charge in [-0.1, -0.05) is 42.5 Å². The Morgan fingerprint density at radius 1 is 0.821 bits per heavy atom. The molecule has 1 unspecified atom stereocenters. The molecule has 2 rings (SSSR count). The fourth-order valence-corrected chi connectivity index (χ4v) is 2.72. The summed E-state index contributed by atoms with van der Waals surface area (Å²) in [6.45, 7) is 3.09. The van der Waals surface area contributed by atoms with Crippen LogP contribution in [0.3, 0.4) is 0 Å². The zero-order chi connectivity index (χ0) is 20.7. The molecule has 2 N–H and O–H groups in total. The summed E-state index contributed by atoms with van der Waals surface area (Å²) < 4.78 is 9.52. The molecule has 0 radical (unpaired) electrons. The van der Waals surface area contributed by atoms with Gasteiger partial charge >= 0.3 is 11.9 Å². The Morgan fingerprint density at radius 3 is 1.96 bits per heavy atom. The predicted molar refractivity (Wildman–Crippen MR) is 101 cm³/mol. The Kier molecular flexibility index (Phi) is 7.17. The van der Waals surface area contributed by atoms with E-state index in [0.29, 0.717) is 5.56 Å². The molecule has 2 aromatic carbocycles. The van der Waals surface area contributed by atoms with Crippen molar-refractivity contribution in [2.24, 2.45) is 5.73 Å². The minimum atomic E-state index is -1.13. The largest absolute Gasteiger partial charge is 0.460 e. The van der Waals surface area contributed by atoms with Crippen LogP contribution in [0.1, 0.15) is 51.7 Å². The van der Waals surface area contributed by atoms with Gasteiger partial charge in [-0.25, -0.2) is 9.59 Å². The quantitative estimate of drug-likeness (QED) is 0.422. The van der Waals surface area contributed by atoms with Crippen molar-refractivity contribution in [1.29, 1.82) is 0 Å². The Hall–Kier alpha value is -3.32. The Labute approximate surface area is 162 Å². The van der Waals surface area contributed by atoms with Gasteiger partial charge in [-0.3, -0.25) is 9.59 Å². The molecule has 0 fully saturated rings. The molecule has 0 aliphatic carbocycles. The number of hydrogen-bond donors (Lipinski definition) is 1. The number of carbonyl (C=O) groups is 4. The molecular formula is C21H21NO6. The van der Waals surface area contributed by atoms with Gasteiger partial charge in [-0.15, -0.1) is 0 Å². The smallest absolute Gasteiger partial charge is 0.379 e. The van der Waals surface area contributed by atoms with Crippen LogP contribution in [-0.2, 0) is 19.1 Å². The van der Waals surface area contributed by atoms with Crippen molar-refractivity contribution in [2.45, 2.75) is 19.9 Å². The van der Waals surface area contributed by atoms with Crippen LogP contribution in [0.2, 0.25) is 0 Å². The summed E-state index contributed by atoms with van der Waals surface area (Å²) in [7, 11) is 0. The number of rotatable bonds is 8. The van der Waals surface area contributed by atoms with Gasteiger partial charge in [0.2, 0.25) is 0 Å². The van der Waals surface area contributed by atoms with E-state index in [9.17, 15) is 19.2 Å². The van der Waals surface area contributed by atoms with Crippen LogP contribution in [-0.4, -0.2) is 36.7 Å². The van der Waals surface area contributed by atoms with Crippen molar-refractivity contribution in [1.82, 2.24) is 0 Å². The third-order valence-electron chi connectivity index (χ3n) is 3.98. The van der Waals surface area contributed by atoms with Gasteiger partial charge in [0.05, 0.1) is 19.3 Å². The number of benzene rings is 2. The van der Waals surface area contributed by atoms with Crippen molar-refractivity contribution in [2.75, 3.05) is 13.2 Å². The zero-order valence-corrected chi connectivity index (χ0v) is 15.6. The molecule has 7 nitrogen and oxygen atoms in total. The van der Waals surface area contributed by atoms with E-state index < -0.39 is 29.5 Å². The van der Waals surface area contributed by atoms with Crippen molar-refractivity contribution >= 4 is 23.5 Å². The van der Waals surface area contributed by atoms with Gasteiger partial charge < -0.3 is 15.2 Å². The lowest BCUT2D eigenvalue weighted by Gasteiger charge is -2.18. The molecule has 0 saturated heterocycles. The summed E-state index contributed by atoms with van der Waals surface area (Å²) >= 11 is 0. The molecule has 0 aliphatic rings. The van der Waals surface area contributed by atoms with Gasteiger partial charge in [-0.2, -0.15) is 0 Å². The highest BCUT2D eigenvalue weighted by molar-refractivity contribution is 6.47. The molecule has 2 aromatic rings. The number of carbonyl (C=O) groups excluding carboxylic acids is 4. The number of hydrogen-bond acceptors (Lipinski definition) is 7. The van der Waals surface area contributed by atoms with Crippen LogP contribution in [0.5, 0.6) is 0 Å². The van der Waals surface area contributed by atoms with Crippen LogP contribution >= 0.6 is 0 Å². The SMILES string of the molecule is CCOC(=O)C(=O)c1cccc(C(N)c2ccccc2)c1C(=O)C(=O)OCC. The average molecular weight is 383 g/mol. The Morgan fingerprint density at radius 2 is 1.39 bits per heavy atom. The predicted octanol–water partition coefficient (Wildman–Crippen LogP) is 2.23. The van der Waals surface area contributed by atoms with Gasteiger partial charge in [0.25, 0.3) is 11.6 Å². The summed E-state index contributed by atoms with van der Waals surface area (Å²) in [6.07, 6.45) is 0. The summed E-state index contributed by atoms with van der Waals surface area (Å²) in [6, 6.07) is 12.4. The summed E-state index contributed by atoms with van der Waals surface area (Å²) in [4.78, 5) is 49.3. The number of ether oxygens (including phenoxy) is 2. The Balaban J connectivity index is 2.63. The molecule has 1 atom stereocenters. The van der Waals surface area contributed by atoms with E-state index in [1.165, 1.54) is 18.2 Å². The number of nitrogens with two attached hydrogens (primary N) is 1. The highest BCUT2D eigenvalue weighted by Gasteiger charge is 2.31. The fourth-order valence-electron chi connectivity index (χ4n) is 2.72. The van der Waals surface area contributed by atoms with Crippen molar-refractivity contribution < 1.29 is 28.7 Å². The lowest BCUT2D eigenvalue weighted by atomic mass is 9.88. The second kappa shape index (κ2) is 9.57. The fraction of sp³-hybridized carbons (Fsp3) is 0.238. The van der Waals surface area contributed by atoms with E-state index in [1.807, 2.05) is 6.07 Å². The number of ketones is 2. The van der Waals surface area contributed by atoms with Gasteiger partial charge in [0.1, 0.15) is 0 Å². The van der Waals surface area contributed by atoms with Gasteiger partial charge in [0.15, 0.2) is 0 Å². The van der Waals surface area contributed by atoms with Crippen LogP contribution in [0.4, 0.5) is 0 Å². The average Bonchev–Trinajstić information content (AvgIpc) is 2.72. The van der Waals surface area contributed by atoms with Gasteiger partial charge in [-0.05, 0) is 31.0 Å². The molecule has 0 saturated carbocycles. The van der Waals surface area contributed by atoms with Crippen molar-refractivity contribution in [3.8, 4) is 0 Å². The van der Waals surface area contributed by atoms with E-state index in [1.54, 1.807) is 38.1 Å². The molecule has 28 heavy (non-hydrogen) atoms. The lowest BCUT2D eigenvalue weighted by Crippen LogP contribution is -2.27. The second-order valence-corrected chi connectivity index (χ2v) is 5.76. The Bertz CT molecular complexity index is 891. The summed E-state index contributed by atoms with van der Waals surface area (Å²) in [5, 5.41) is 0. The topological polar surface area (TPSA) is 113 Å². The van der Waals surface area contributed by atoms with E-state index >= 15 is 0 Å². The first-order valence-corrected chi connectivity index (χ1v) is 8.78. The zero-order valence-electron chi connectivity index (χ0n) is 15.6. The normalized spacial score (nSPS) is 11.4. The highest BCUT2D eigenvalue weighted by atomic mass is 16.5. The molecule has 0 amide bonds. The summed E-state index contributed by atoms with van der Waals surface area (Å²) in [5.74, 6) is -4.33. The molecule has 7 heteroatoms. The first-order valence-electron chi connectivity index (χ1n) is 8.78. The van der Waals surface area contributed by atoms with Crippen LogP contribution in [0.25, 0.3) is 0 Å². The number of Topliss-reactive ketones (excluding diaryl/α,β-unsaturated/α-hetero) is 2. The maximum absolute atomic E-state index is 12.8. The van der Waals surface area contributed by atoms with E-state index in [0.717, 1.165) is 0 Å². The third kappa shape index (κ3) is 4.50. The first kappa shape index (κ1) is 21.0. The molecular weight excluding hydrogens is 362 g/mol.